The highest BCUT2D eigenvalue weighted by atomic mass is 19.4. The molecule has 0 saturated heterocycles. The summed E-state index contributed by atoms with van der Waals surface area (Å²) in [7, 11) is 0. The molecule has 0 atom stereocenters. The number of hydrogen-bond acceptors (Lipinski definition) is 7. The van der Waals surface area contributed by atoms with Crippen molar-refractivity contribution in [3.8, 4) is 11.6 Å². The van der Waals surface area contributed by atoms with E-state index in [0.29, 0.717) is 30.2 Å². The summed E-state index contributed by atoms with van der Waals surface area (Å²) in [4.78, 5) is 21.4. The van der Waals surface area contributed by atoms with Crippen molar-refractivity contribution in [2.45, 2.75) is 44.4 Å². The van der Waals surface area contributed by atoms with Gasteiger partial charge in [-0.1, -0.05) is 5.16 Å². The Morgan fingerprint density at radius 2 is 2.06 bits per heavy atom. The predicted molar refractivity (Wildman–Crippen MR) is 117 cm³/mol. The van der Waals surface area contributed by atoms with Gasteiger partial charge >= 0.3 is 12.2 Å². The number of aryl methyl sites for hydroxylation is 1. The Hall–Kier alpha value is -3.93. The molecule has 3 aromatic heterocycles. The average molecular weight is 484 g/mol. The summed E-state index contributed by atoms with van der Waals surface area (Å²) < 4.78 is 52.3. The van der Waals surface area contributed by atoms with Gasteiger partial charge in [-0.2, -0.15) is 13.2 Å². The molecule has 1 aromatic carbocycles. The highest BCUT2D eigenvalue weighted by Gasteiger charge is 2.66. The minimum atomic E-state index is -4.43. The van der Waals surface area contributed by atoms with Crippen LogP contribution in [0.2, 0.25) is 0 Å². The molecule has 4 aromatic rings. The van der Waals surface area contributed by atoms with Crippen LogP contribution in [0.3, 0.4) is 0 Å². The minimum absolute atomic E-state index is 0.0562. The van der Waals surface area contributed by atoms with Crippen molar-refractivity contribution in [1.29, 1.82) is 0 Å². The molecule has 1 saturated carbocycles. The van der Waals surface area contributed by atoms with E-state index in [-0.39, 0.29) is 24.4 Å². The molecule has 2 N–H and O–H groups in total. The number of halogens is 3. The largest absolute Gasteiger partial charge is 0.438 e. The van der Waals surface area contributed by atoms with Crippen molar-refractivity contribution in [3.05, 3.63) is 59.4 Å². The van der Waals surface area contributed by atoms with Crippen LogP contribution in [0.5, 0.6) is 11.6 Å². The summed E-state index contributed by atoms with van der Waals surface area (Å²) >= 11 is 0. The zero-order valence-electron chi connectivity index (χ0n) is 18.4. The van der Waals surface area contributed by atoms with Gasteiger partial charge in [-0.25, -0.2) is 14.8 Å². The first-order valence-corrected chi connectivity index (χ1v) is 10.9. The second-order valence-corrected chi connectivity index (χ2v) is 8.70. The second kappa shape index (κ2) is 7.54. The molecule has 0 unspecified atom stereocenters. The number of anilines is 1. The van der Waals surface area contributed by atoms with Crippen LogP contribution < -0.4 is 15.4 Å². The summed E-state index contributed by atoms with van der Waals surface area (Å²) in [5.41, 5.74) is 1.21. The van der Waals surface area contributed by atoms with Crippen molar-refractivity contribution < 1.29 is 27.2 Å². The Labute approximate surface area is 196 Å². The second-order valence-electron chi connectivity index (χ2n) is 8.70. The van der Waals surface area contributed by atoms with Gasteiger partial charge in [-0.15, -0.1) is 0 Å². The van der Waals surface area contributed by atoms with E-state index in [1.54, 1.807) is 24.4 Å². The highest BCUT2D eigenvalue weighted by molar-refractivity contribution is 5.99. The van der Waals surface area contributed by atoms with Gasteiger partial charge < -0.3 is 14.6 Å². The lowest BCUT2D eigenvalue weighted by Crippen LogP contribution is -2.28. The summed E-state index contributed by atoms with van der Waals surface area (Å²) in [6, 6.07) is 5.79. The molecule has 0 radical (unpaired) electrons. The quantitative estimate of drug-likeness (QED) is 0.429. The molecule has 1 amide bonds. The summed E-state index contributed by atoms with van der Waals surface area (Å²) in [5.74, 6) is 0.701. The molecule has 0 bridgehead atoms. The van der Waals surface area contributed by atoms with Crippen LogP contribution in [-0.4, -0.2) is 31.9 Å². The molecule has 9 nitrogen and oxygen atoms in total. The third-order valence-electron chi connectivity index (χ3n) is 6.62. The van der Waals surface area contributed by atoms with Crippen molar-refractivity contribution in [2.24, 2.45) is 0 Å². The smallest absolute Gasteiger partial charge is 0.401 e. The number of alkyl halides is 3. The monoisotopic (exact) mass is 484 g/mol. The van der Waals surface area contributed by atoms with Gasteiger partial charge in [0.1, 0.15) is 17.5 Å². The van der Waals surface area contributed by atoms with Crippen LogP contribution in [0.15, 0.2) is 41.3 Å². The lowest BCUT2D eigenvalue weighted by molar-refractivity contribution is -0.165. The molecule has 4 heterocycles. The number of rotatable bonds is 4. The first-order chi connectivity index (χ1) is 16.8. The zero-order valence-corrected chi connectivity index (χ0v) is 18.4. The number of hydrogen-bond donors (Lipinski definition) is 2. The van der Waals surface area contributed by atoms with Crippen molar-refractivity contribution in [3.63, 3.8) is 0 Å². The number of amides is 1. The summed E-state index contributed by atoms with van der Waals surface area (Å²) in [6.45, 7) is 3.15. The first kappa shape index (κ1) is 21.6. The zero-order chi connectivity index (χ0) is 24.4. The Morgan fingerprint density at radius 3 is 2.83 bits per heavy atom. The first-order valence-electron chi connectivity index (χ1n) is 10.9. The number of carbonyl (C=O) groups is 1. The fourth-order valence-electron chi connectivity index (χ4n) is 4.41. The SMILES string of the molecule is Cc1c(Oc2ncnc3c2CNC3)ccc2c1ccn2C(=O)Nc1cc(C2(C(F)(F)F)CC2)on1. The Kier molecular flexibility index (Phi) is 4.65. The maximum atomic E-state index is 13.3. The van der Waals surface area contributed by atoms with Gasteiger partial charge in [0.05, 0.1) is 16.8 Å². The van der Waals surface area contributed by atoms with E-state index in [9.17, 15) is 18.0 Å². The van der Waals surface area contributed by atoms with E-state index in [1.165, 1.54) is 10.9 Å². The molecule has 12 heteroatoms. The average Bonchev–Trinajstić information content (AvgIpc) is 3.16. The Balaban J connectivity index is 1.24. The summed E-state index contributed by atoms with van der Waals surface area (Å²) in [6.07, 6.45) is -1.50. The van der Waals surface area contributed by atoms with Crippen molar-refractivity contribution >= 4 is 22.8 Å². The number of carbonyl (C=O) groups excluding carboxylic acids is 1. The standard InChI is InChI=1S/C23H19F3N6O3/c1-12-13-4-7-32(21(33)30-19-8-18(35-31-19)22(5-6-22)23(24,25)26)16(13)2-3-17(12)34-20-14-9-27-10-15(14)28-11-29-20/h2-4,7-8,11,27H,5-6,9-10H2,1H3,(H,30,31,33). The molecule has 1 aliphatic heterocycles. The predicted octanol–water partition coefficient (Wildman–Crippen LogP) is 4.80. The van der Waals surface area contributed by atoms with Gasteiger partial charge in [-0.3, -0.25) is 9.88 Å². The number of nitrogens with one attached hydrogen (secondary N) is 2. The van der Waals surface area contributed by atoms with E-state index in [4.69, 9.17) is 9.26 Å². The molecule has 180 valence electrons. The summed E-state index contributed by atoms with van der Waals surface area (Å²) in [5, 5.41) is 10.1. The van der Waals surface area contributed by atoms with E-state index < -0.39 is 17.6 Å². The van der Waals surface area contributed by atoms with E-state index in [0.717, 1.165) is 28.3 Å². The van der Waals surface area contributed by atoms with Gasteiger partial charge in [0.15, 0.2) is 11.6 Å². The Morgan fingerprint density at radius 1 is 1.23 bits per heavy atom. The van der Waals surface area contributed by atoms with E-state index >= 15 is 0 Å². The van der Waals surface area contributed by atoms with Crippen LogP contribution in [0.4, 0.5) is 23.8 Å². The molecule has 0 spiro atoms. The van der Waals surface area contributed by atoms with E-state index in [2.05, 4.69) is 25.8 Å². The van der Waals surface area contributed by atoms with Crippen LogP contribution in [-0.2, 0) is 18.5 Å². The molecular weight excluding hydrogens is 465 g/mol. The number of fused-ring (bicyclic) bond motifs is 2. The van der Waals surface area contributed by atoms with Gasteiger partial charge in [0.25, 0.3) is 0 Å². The van der Waals surface area contributed by atoms with Crippen LogP contribution in [0.25, 0.3) is 10.9 Å². The lowest BCUT2D eigenvalue weighted by Gasteiger charge is -2.15. The third kappa shape index (κ3) is 3.43. The van der Waals surface area contributed by atoms with Crippen LogP contribution >= 0.6 is 0 Å². The molecular formula is C23H19F3N6O3. The lowest BCUT2D eigenvalue weighted by atomic mass is 10.0. The normalized spacial score (nSPS) is 16.3. The molecule has 1 fully saturated rings. The molecule has 35 heavy (non-hydrogen) atoms. The number of aromatic nitrogens is 4. The molecule has 6 rings (SSSR count). The van der Waals surface area contributed by atoms with Crippen molar-refractivity contribution in [1.82, 2.24) is 25.0 Å². The van der Waals surface area contributed by atoms with Crippen LogP contribution in [0, 0.1) is 6.92 Å². The highest BCUT2D eigenvalue weighted by Crippen LogP contribution is 2.59. The maximum Gasteiger partial charge on any atom is 0.401 e. The molecule has 1 aliphatic carbocycles. The Bertz CT molecular complexity index is 1470. The van der Waals surface area contributed by atoms with E-state index in [1.807, 2.05) is 6.92 Å². The minimum Gasteiger partial charge on any atom is -0.438 e. The van der Waals surface area contributed by atoms with Gasteiger partial charge in [0, 0.05) is 36.3 Å². The third-order valence-corrected chi connectivity index (χ3v) is 6.62. The number of benzene rings is 1. The van der Waals surface area contributed by atoms with Crippen LogP contribution in [0.1, 0.15) is 35.4 Å². The van der Waals surface area contributed by atoms with Gasteiger partial charge in [-0.05, 0) is 38.0 Å². The number of nitrogens with zero attached hydrogens (tertiary/aromatic N) is 4. The number of ether oxygens (including phenoxy) is 1. The maximum absolute atomic E-state index is 13.3. The fourth-order valence-corrected chi connectivity index (χ4v) is 4.41. The van der Waals surface area contributed by atoms with Gasteiger partial charge in [0.2, 0.25) is 5.88 Å². The van der Waals surface area contributed by atoms with Crippen molar-refractivity contribution in [2.75, 3.05) is 5.32 Å². The fraction of sp³-hybridized carbons (Fsp3) is 0.304. The topological polar surface area (TPSA) is 107 Å². The molecule has 2 aliphatic rings.